The van der Waals surface area contributed by atoms with Crippen molar-refractivity contribution in [3.05, 3.63) is 81.4 Å². The zero-order chi connectivity index (χ0) is 16.4. The third-order valence-corrected chi connectivity index (χ3v) is 3.67. The largest absolute Gasteiger partial charge is 0.348 e. The van der Waals surface area contributed by atoms with Crippen molar-refractivity contribution in [1.82, 2.24) is 10.3 Å². The third kappa shape index (κ3) is 3.13. The van der Waals surface area contributed by atoms with Gasteiger partial charge in [-0.25, -0.2) is 4.39 Å². The Bertz CT molecular complexity index is 947. The van der Waals surface area contributed by atoms with Crippen molar-refractivity contribution in [3.63, 3.8) is 0 Å². The fourth-order valence-corrected chi connectivity index (χ4v) is 2.40. The van der Waals surface area contributed by atoms with Gasteiger partial charge < -0.3 is 10.3 Å². The van der Waals surface area contributed by atoms with Gasteiger partial charge in [-0.3, -0.25) is 9.59 Å². The molecule has 0 saturated carbocycles. The van der Waals surface area contributed by atoms with Crippen molar-refractivity contribution in [2.45, 2.75) is 13.5 Å². The van der Waals surface area contributed by atoms with E-state index >= 15 is 0 Å². The van der Waals surface area contributed by atoms with Crippen molar-refractivity contribution in [1.29, 1.82) is 0 Å². The molecular formula is C18H15FN2O2. The van der Waals surface area contributed by atoms with E-state index in [0.29, 0.717) is 5.56 Å². The molecule has 5 heteroatoms. The van der Waals surface area contributed by atoms with Crippen LogP contribution in [0.3, 0.4) is 0 Å². The predicted molar refractivity (Wildman–Crippen MR) is 86.9 cm³/mol. The summed E-state index contributed by atoms with van der Waals surface area (Å²) in [5.74, 6) is -1.00. The molecule has 0 aliphatic heterocycles. The van der Waals surface area contributed by atoms with Crippen molar-refractivity contribution in [3.8, 4) is 0 Å². The minimum atomic E-state index is -0.545. The fraction of sp³-hybridized carbons (Fsp3) is 0.111. The average molecular weight is 310 g/mol. The molecule has 0 bridgehead atoms. The van der Waals surface area contributed by atoms with Gasteiger partial charge in [-0.1, -0.05) is 18.2 Å². The maximum Gasteiger partial charge on any atom is 0.254 e. The molecule has 0 aliphatic carbocycles. The molecule has 1 heterocycles. The highest BCUT2D eigenvalue weighted by molar-refractivity contribution is 5.94. The number of carbonyl (C=O) groups is 1. The van der Waals surface area contributed by atoms with Crippen LogP contribution < -0.4 is 10.9 Å². The first-order chi connectivity index (χ1) is 11.0. The van der Waals surface area contributed by atoms with Crippen molar-refractivity contribution < 1.29 is 9.18 Å². The van der Waals surface area contributed by atoms with Crippen LogP contribution in [0, 0.1) is 12.7 Å². The first-order valence-electron chi connectivity index (χ1n) is 7.20. The standard InChI is InChI=1S/C18H15FN2O2/c1-11-8-13-9-12(6-7-16(13)21-17(11)22)10-20-18(23)14-4-2-3-5-15(14)19/h2-9H,10H2,1H3,(H,20,23)(H,21,22). The number of halogens is 1. The molecule has 0 saturated heterocycles. The molecule has 0 fully saturated rings. The molecule has 0 aliphatic rings. The SMILES string of the molecule is Cc1cc2cc(CNC(=O)c3ccccc3F)ccc2[nH]c1=O. The molecule has 1 amide bonds. The van der Waals surface area contributed by atoms with E-state index in [4.69, 9.17) is 0 Å². The summed E-state index contributed by atoms with van der Waals surface area (Å²) < 4.78 is 13.6. The molecule has 2 aromatic carbocycles. The van der Waals surface area contributed by atoms with Gasteiger partial charge in [0.1, 0.15) is 5.82 Å². The van der Waals surface area contributed by atoms with Crippen molar-refractivity contribution in [2.24, 2.45) is 0 Å². The quantitative estimate of drug-likeness (QED) is 0.781. The lowest BCUT2D eigenvalue weighted by Crippen LogP contribution is -2.23. The molecule has 0 radical (unpaired) electrons. The summed E-state index contributed by atoms with van der Waals surface area (Å²) in [5, 5.41) is 3.58. The van der Waals surface area contributed by atoms with Gasteiger partial charge in [-0.2, -0.15) is 0 Å². The molecule has 0 unspecified atom stereocenters. The van der Waals surface area contributed by atoms with E-state index in [-0.39, 0.29) is 17.7 Å². The number of rotatable bonds is 3. The summed E-state index contributed by atoms with van der Waals surface area (Å²) in [6, 6.07) is 13.2. The lowest BCUT2D eigenvalue weighted by atomic mass is 10.1. The molecule has 3 aromatic rings. The first kappa shape index (κ1) is 15.0. The number of amides is 1. The lowest BCUT2D eigenvalue weighted by molar-refractivity contribution is 0.0947. The molecule has 3 rings (SSSR count). The Hall–Kier alpha value is -2.95. The van der Waals surface area contributed by atoms with E-state index in [1.54, 1.807) is 31.2 Å². The highest BCUT2D eigenvalue weighted by Crippen LogP contribution is 2.14. The topological polar surface area (TPSA) is 62.0 Å². The van der Waals surface area contributed by atoms with E-state index in [2.05, 4.69) is 10.3 Å². The molecule has 0 atom stereocenters. The van der Waals surface area contributed by atoms with Crippen LogP contribution in [0.1, 0.15) is 21.5 Å². The predicted octanol–water partition coefficient (Wildman–Crippen LogP) is 2.91. The Balaban J connectivity index is 1.79. The minimum absolute atomic E-state index is 0.0217. The number of H-pyrrole nitrogens is 1. The Morgan fingerprint density at radius 2 is 1.96 bits per heavy atom. The Labute approximate surface area is 132 Å². The second kappa shape index (κ2) is 6.04. The Morgan fingerprint density at radius 1 is 1.17 bits per heavy atom. The van der Waals surface area contributed by atoms with E-state index in [1.807, 2.05) is 12.1 Å². The van der Waals surface area contributed by atoms with Gasteiger partial charge in [0, 0.05) is 17.6 Å². The zero-order valence-corrected chi connectivity index (χ0v) is 12.5. The first-order valence-corrected chi connectivity index (χ1v) is 7.20. The van der Waals surface area contributed by atoms with E-state index in [0.717, 1.165) is 16.5 Å². The maximum absolute atomic E-state index is 13.6. The molecular weight excluding hydrogens is 295 g/mol. The van der Waals surface area contributed by atoms with Gasteiger partial charge in [0.15, 0.2) is 0 Å². The summed E-state index contributed by atoms with van der Waals surface area (Å²) in [6.07, 6.45) is 0. The van der Waals surface area contributed by atoms with E-state index in [1.165, 1.54) is 12.1 Å². The number of aryl methyl sites for hydroxylation is 1. The fourth-order valence-electron chi connectivity index (χ4n) is 2.40. The van der Waals surface area contributed by atoms with Gasteiger partial charge in [0.2, 0.25) is 0 Å². The summed E-state index contributed by atoms with van der Waals surface area (Å²) >= 11 is 0. The third-order valence-electron chi connectivity index (χ3n) is 3.67. The van der Waals surface area contributed by atoms with Gasteiger partial charge in [0.05, 0.1) is 5.56 Å². The summed E-state index contributed by atoms with van der Waals surface area (Å²) in [6.45, 7) is 2.02. The second-order valence-corrected chi connectivity index (χ2v) is 5.37. The molecule has 23 heavy (non-hydrogen) atoms. The second-order valence-electron chi connectivity index (χ2n) is 5.37. The normalized spacial score (nSPS) is 10.7. The van der Waals surface area contributed by atoms with E-state index in [9.17, 15) is 14.0 Å². The number of fused-ring (bicyclic) bond motifs is 1. The summed E-state index contributed by atoms with van der Waals surface area (Å²) in [5.41, 5.74) is 2.15. The van der Waals surface area contributed by atoms with Crippen LogP contribution in [0.15, 0.2) is 53.3 Å². The highest BCUT2D eigenvalue weighted by atomic mass is 19.1. The number of benzene rings is 2. The number of aromatic amines is 1. The minimum Gasteiger partial charge on any atom is -0.348 e. The number of nitrogens with one attached hydrogen (secondary N) is 2. The summed E-state index contributed by atoms with van der Waals surface area (Å²) in [7, 11) is 0. The van der Waals surface area contributed by atoms with Crippen LogP contribution in [-0.4, -0.2) is 10.9 Å². The monoisotopic (exact) mass is 310 g/mol. The molecule has 0 spiro atoms. The van der Waals surface area contributed by atoms with Crippen LogP contribution in [0.5, 0.6) is 0 Å². The van der Waals surface area contributed by atoms with Crippen LogP contribution in [0.2, 0.25) is 0 Å². The summed E-state index contributed by atoms with van der Waals surface area (Å²) in [4.78, 5) is 26.4. The van der Waals surface area contributed by atoms with Crippen LogP contribution in [0.4, 0.5) is 4.39 Å². The van der Waals surface area contributed by atoms with Gasteiger partial charge >= 0.3 is 0 Å². The van der Waals surface area contributed by atoms with Crippen LogP contribution in [-0.2, 0) is 6.54 Å². The molecule has 2 N–H and O–H groups in total. The van der Waals surface area contributed by atoms with Crippen molar-refractivity contribution in [2.75, 3.05) is 0 Å². The average Bonchev–Trinajstić information content (AvgIpc) is 2.54. The smallest absolute Gasteiger partial charge is 0.254 e. The molecule has 116 valence electrons. The van der Waals surface area contributed by atoms with E-state index < -0.39 is 11.7 Å². The van der Waals surface area contributed by atoms with Gasteiger partial charge in [-0.05, 0) is 48.2 Å². The molecule has 1 aromatic heterocycles. The Kier molecular flexibility index (Phi) is 3.93. The number of carbonyl (C=O) groups excluding carboxylic acids is 1. The molecule has 4 nitrogen and oxygen atoms in total. The number of pyridine rings is 1. The maximum atomic E-state index is 13.6. The number of hydrogen-bond donors (Lipinski definition) is 2. The lowest BCUT2D eigenvalue weighted by Gasteiger charge is -2.07. The number of hydrogen-bond acceptors (Lipinski definition) is 2. The van der Waals surface area contributed by atoms with Crippen LogP contribution in [0.25, 0.3) is 10.9 Å². The number of aromatic nitrogens is 1. The van der Waals surface area contributed by atoms with Crippen molar-refractivity contribution >= 4 is 16.8 Å². The van der Waals surface area contributed by atoms with Gasteiger partial charge in [-0.15, -0.1) is 0 Å². The van der Waals surface area contributed by atoms with Crippen LogP contribution >= 0.6 is 0 Å². The highest BCUT2D eigenvalue weighted by Gasteiger charge is 2.10. The Morgan fingerprint density at radius 3 is 2.74 bits per heavy atom. The van der Waals surface area contributed by atoms with Gasteiger partial charge in [0.25, 0.3) is 11.5 Å². The zero-order valence-electron chi connectivity index (χ0n) is 12.5.